The number of halogens is 2. The lowest BCUT2D eigenvalue weighted by atomic mass is 9.84. The van der Waals surface area contributed by atoms with Crippen molar-refractivity contribution < 1.29 is 38.2 Å². The molecule has 4 aliphatic heterocycles. The first-order valence-electron chi connectivity index (χ1n) is 21.1. The molecular formula is C43H53F2N9O6. The van der Waals surface area contributed by atoms with E-state index < -0.39 is 35.3 Å². The molecule has 5 heterocycles. The van der Waals surface area contributed by atoms with Gasteiger partial charge in [-0.2, -0.15) is 0 Å². The summed E-state index contributed by atoms with van der Waals surface area (Å²) in [6.45, 7) is 4.68. The number of amides is 4. The largest absolute Gasteiger partial charge is 0.391 e. The molecule has 5 aliphatic rings. The Morgan fingerprint density at radius 2 is 1.63 bits per heavy atom. The molecule has 0 radical (unpaired) electrons. The third kappa shape index (κ3) is 9.53. The Labute approximate surface area is 347 Å². The summed E-state index contributed by atoms with van der Waals surface area (Å²) in [5.74, 6) is -1.66. The highest BCUT2D eigenvalue weighted by Gasteiger charge is 2.39. The van der Waals surface area contributed by atoms with E-state index in [0.29, 0.717) is 113 Å². The zero-order valence-electron chi connectivity index (χ0n) is 33.6. The molecule has 8 rings (SSSR count). The summed E-state index contributed by atoms with van der Waals surface area (Å²) < 4.78 is 30.2. The number of carbonyl (C=O) groups excluding carboxylic acids is 4. The highest BCUT2D eigenvalue weighted by atomic mass is 19.1. The molecule has 2 atom stereocenters. The molecule has 5 N–H and O–H groups in total. The van der Waals surface area contributed by atoms with Gasteiger partial charge in [-0.25, -0.2) is 18.7 Å². The fourth-order valence-corrected chi connectivity index (χ4v) is 9.22. The van der Waals surface area contributed by atoms with Crippen LogP contribution in [0, 0.1) is 17.6 Å². The van der Waals surface area contributed by atoms with Crippen LogP contribution in [0.1, 0.15) is 68.1 Å². The van der Waals surface area contributed by atoms with Gasteiger partial charge in [-0.1, -0.05) is 12.1 Å². The summed E-state index contributed by atoms with van der Waals surface area (Å²) in [7, 11) is 0. The van der Waals surface area contributed by atoms with Gasteiger partial charge in [0.1, 0.15) is 17.6 Å². The van der Waals surface area contributed by atoms with E-state index in [1.807, 2.05) is 9.80 Å². The predicted octanol–water partition coefficient (Wildman–Crippen LogP) is 2.99. The van der Waals surface area contributed by atoms with Crippen LogP contribution in [0.25, 0.3) is 11.3 Å². The minimum Gasteiger partial charge on any atom is -0.391 e. The molecule has 15 nitrogen and oxygen atoms in total. The molecular weight excluding hydrogens is 777 g/mol. The molecule has 1 aromatic heterocycles. The number of carbonyl (C=O) groups is 4. The molecule has 2 aromatic carbocycles. The average Bonchev–Trinajstić information content (AvgIpc) is 3.69. The molecule has 1 unspecified atom stereocenters. The molecule has 4 amide bonds. The van der Waals surface area contributed by atoms with E-state index in [4.69, 9.17) is 0 Å². The molecule has 17 heteroatoms. The van der Waals surface area contributed by atoms with Gasteiger partial charge in [-0.3, -0.25) is 29.4 Å². The first kappa shape index (κ1) is 41.5. The maximum Gasteiger partial charge on any atom is 0.253 e. The van der Waals surface area contributed by atoms with Crippen molar-refractivity contribution in [3.8, 4) is 11.3 Å². The van der Waals surface area contributed by atoms with Crippen LogP contribution in [-0.2, 0) is 14.4 Å². The second-order valence-electron chi connectivity index (χ2n) is 17.0. The average molecular weight is 830 g/mol. The molecule has 60 heavy (non-hydrogen) atoms. The van der Waals surface area contributed by atoms with Crippen molar-refractivity contribution in [3.05, 3.63) is 65.9 Å². The predicted molar refractivity (Wildman–Crippen MR) is 219 cm³/mol. The van der Waals surface area contributed by atoms with Gasteiger partial charge >= 0.3 is 0 Å². The van der Waals surface area contributed by atoms with Crippen LogP contribution < -0.4 is 20.9 Å². The van der Waals surface area contributed by atoms with Gasteiger partial charge in [-0.05, 0) is 81.7 Å². The van der Waals surface area contributed by atoms with Crippen LogP contribution in [-0.4, -0.2) is 141 Å². The highest BCUT2D eigenvalue weighted by molar-refractivity contribution is 6.01. The van der Waals surface area contributed by atoms with E-state index in [9.17, 15) is 33.8 Å². The van der Waals surface area contributed by atoms with Crippen molar-refractivity contribution in [1.82, 2.24) is 30.0 Å². The van der Waals surface area contributed by atoms with Gasteiger partial charge in [0, 0.05) is 94.1 Å². The maximum atomic E-state index is 15.2. The molecule has 1 saturated carbocycles. The number of β-amino-alcohol motifs (C(OH)–C–C–N with tert-alkyl or cyclic N) is 2. The van der Waals surface area contributed by atoms with Crippen LogP contribution >= 0.6 is 0 Å². The van der Waals surface area contributed by atoms with Crippen LogP contribution in [0.5, 0.6) is 0 Å². The third-order valence-electron chi connectivity index (χ3n) is 12.8. The van der Waals surface area contributed by atoms with Gasteiger partial charge in [0.05, 0.1) is 23.6 Å². The van der Waals surface area contributed by atoms with E-state index in [1.54, 1.807) is 41.3 Å². The Bertz CT molecular complexity index is 2080. The Kier molecular flexibility index (Phi) is 12.3. The van der Waals surface area contributed by atoms with Crippen LogP contribution in [0.15, 0.2) is 48.7 Å². The van der Waals surface area contributed by atoms with Gasteiger partial charge in [0.2, 0.25) is 23.7 Å². The SMILES string of the molecule is O=C1CCC(Nc2ccc(N3CCN(CC4(O)CCN(C(=O)C5CCC(Nc6ncc(F)c(-c7cccc(C(=O)N8CC[C@H](O)C8)c7)n6)CC5)CC4)CC3)c(F)c2)C(=O)N1. The molecule has 0 bridgehead atoms. The molecule has 320 valence electrons. The molecule has 0 spiro atoms. The summed E-state index contributed by atoms with van der Waals surface area (Å²) >= 11 is 0. The Morgan fingerprint density at radius 1 is 0.867 bits per heavy atom. The highest BCUT2D eigenvalue weighted by Crippen LogP contribution is 2.32. The van der Waals surface area contributed by atoms with Crippen molar-refractivity contribution >= 4 is 41.0 Å². The van der Waals surface area contributed by atoms with Crippen molar-refractivity contribution in [2.75, 3.05) is 74.4 Å². The first-order chi connectivity index (χ1) is 28.9. The fourth-order valence-electron chi connectivity index (χ4n) is 9.22. The maximum absolute atomic E-state index is 15.2. The van der Waals surface area contributed by atoms with Crippen LogP contribution in [0.2, 0.25) is 0 Å². The number of anilines is 3. The lowest BCUT2D eigenvalue weighted by Gasteiger charge is -2.44. The Morgan fingerprint density at radius 3 is 2.33 bits per heavy atom. The number of nitrogens with zero attached hydrogens (tertiary/aromatic N) is 6. The summed E-state index contributed by atoms with van der Waals surface area (Å²) in [5, 5.41) is 30.1. The van der Waals surface area contributed by atoms with Crippen molar-refractivity contribution in [2.45, 2.75) is 81.6 Å². The monoisotopic (exact) mass is 829 g/mol. The zero-order valence-corrected chi connectivity index (χ0v) is 33.6. The Hall–Kier alpha value is -5.26. The number of piperidine rings is 2. The molecule has 5 fully saturated rings. The van der Waals surface area contributed by atoms with Crippen molar-refractivity contribution in [3.63, 3.8) is 0 Å². The summed E-state index contributed by atoms with van der Waals surface area (Å²) in [6.07, 6.45) is 5.47. The first-order valence-corrected chi connectivity index (χ1v) is 21.1. The number of nitrogens with one attached hydrogen (secondary N) is 3. The summed E-state index contributed by atoms with van der Waals surface area (Å²) in [6, 6.07) is 10.9. The number of aromatic nitrogens is 2. The molecule has 1 aliphatic carbocycles. The van der Waals surface area contributed by atoms with Crippen LogP contribution in [0.4, 0.5) is 26.1 Å². The van der Waals surface area contributed by atoms with Crippen molar-refractivity contribution in [2.24, 2.45) is 5.92 Å². The number of benzene rings is 2. The fraction of sp³-hybridized carbons (Fsp3) is 0.535. The minimum atomic E-state index is -0.919. The molecule has 3 aromatic rings. The van der Waals surface area contributed by atoms with E-state index in [1.165, 1.54) is 6.07 Å². The second kappa shape index (κ2) is 17.8. The van der Waals surface area contributed by atoms with Gasteiger partial charge in [-0.15, -0.1) is 0 Å². The van der Waals surface area contributed by atoms with E-state index in [-0.39, 0.29) is 54.3 Å². The summed E-state index contributed by atoms with van der Waals surface area (Å²) in [5.41, 5.74) is 0.965. The quantitative estimate of drug-likeness (QED) is 0.189. The molecule has 4 saturated heterocycles. The van der Waals surface area contributed by atoms with Gasteiger partial charge in [0.15, 0.2) is 5.82 Å². The van der Waals surface area contributed by atoms with E-state index in [0.717, 1.165) is 19.0 Å². The normalized spacial score (nSPS) is 24.9. The lowest BCUT2D eigenvalue weighted by molar-refractivity contribution is -0.141. The van der Waals surface area contributed by atoms with Crippen LogP contribution in [0.3, 0.4) is 0 Å². The van der Waals surface area contributed by atoms with Gasteiger partial charge < -0.3 is 35.5 Å². The number of hydrogen-bond donors (Lipinski definition) is 5. The third-order valence-corrected chi connectivity index (χ3v) is 12.8. The smallest absolute Gasteiger partial charge is 0.253 e. The topological polar surface area (TPSA) is 184 Å². The summed E-state index contributed by atoms with van der Waals surface area (Å²) in [4.78, 5) is 66.5. The van der Waals surface area contributed by atoms with Crippen molar-refractivity contribution in [1.29, 1.82) is 0 Å². The standard InChI is InChI=1S/C43H53F2N9O6/c44-33-23-31(47-35-9-11-37(56)49-39(35)57)8-10-36(33)52-20-18-51(19-21-52)26-43(60)13-16-53(17-14-43)40(58)27-4-6-30(7-5-27)48-42-46-24-34(45)38(50-42)28-2-1-3-29(22-28)41(59)54-15-12-32(55)25-54/h1-3,8,10,22-24,27,30,32,35,47,55,60H,4-7,9,11-21,25-26H2,(H,46,48,50)(H,49,56,57)/t27?,30?,32-,35?/m0/s1. The van der Waals surface area contributed by atoms with E-state index >= 15 is 4.39 Å². The number of piperazine rings is 1. The zero-order chi connectivity index (χ0) is 42.0. The Balaban J connectivity index is 0.768. The number of likely N-dealkylation sites (tertiary alicyclic amines) is 2. The number of hydrogen-bond acceptors (Lipinski definition) is 12. The second-order valence-corrected chi connectivity index (χ2v) is 17.0. The number of rotatable bonds is 10. The number of imide groups is 1. The lowest BCUT2D eigenvalue weighted by Crippen LogP contribution is -2.56. The number of aliphatic hydroxyl groups is 2. The minimum absolute atomic E-state index is 0.00614. The van der Waals surface area contributed by atoms with E-state index in [2.05, 4.69) is 30.8 Å². The van der Waals surface area contributed by atoms with Gasteiger partial charge in [0.25, 0.3) is 5.91 Å². The number of aliphatic hydroxyl groups excluding tert-OH is 1.